The molecule has 7 nitrogen and oxygen atoms in total. The Balaban J connectivity index is 1.28. The largest absolute Gasteiger partial charge is 0.325 e. The number of benzene rings is 2. The van der Waals surface area contributed by atoms with Gasteiger partial charge < -0.3 is 5.32 Å². The molecule has 0 saturated carbocycles. The van der Waals surface area contributed by atoms with Crippen molar-refractivity contribution in [2.45, 2.75) is 18.5 Å². The summed E-state index contributed by atoms with van der Waals surface area (Å²) in [5, 5.41) is 5.24. The molecule has 0 atom stereocenters. The van der Waals surface area contributed by atoms with Crippen molar-refractivity contribution in [1.29, 1.82) is 0 Å². The summed E-state index contributed by atoms with van der Waals surface area (Å²) in [5.74, 6) is -0.525. The van der Waals surface area contributed by atoms with Crippen LogP contribution in [0.4, 0.5) is 5.69 Å². The number of para-hydroxylation sites is 2. The van der Waals surface area contributed by atoms with Crippen LogP contribution in [0.1, 0.15) is 21.7 Å². The van der Waals surface area contributed by atoms with Gasteiger partial charge in [-0.05, 0) is 48.7 Å². The van der Waals surface area contributed by atoms with Crippen LogP contribution in [0, 0.1) is 6.92 Å². The molecule has 2 aromatic carbocycles. The number of nitrogens with one attached hydrogen (secondary N) is 1. The van der Waals surface area contributed by atoms with E-state index in [0.717, 1.165) is 10.4 Å². The number of aromatic nitrogens is 2. The number of carbonyl (C=O) groups is 3. The van der Waals surface area contributed by atoms with Crippen molar-refractivity contribution in [3.63, 3.8) is 0 Å². The number of anilines is 1. The van der Waals surface area contributed by atoms with Crippen molar-refractivity contribution in [2.75, 3.05) is 17.6 Å². The summed E-state index contributed by atoms with van der Waals surface area (Å²) in [4.78, 5) is 46.5. The molecule has 0 aliphatic carbocycles. The molecule has 1 fully saturated rings. The fraction of sp³-hybridized carbons (Fsp3) is 0.148. The highest BCUT2D eigenvalue weighted by molar-refractivity contribution is 8.26. The molecule has 1 N–H and O–H groups in total. The first kappa shape index (κ1) is 26.4. The van der Waals surface area contributed by atoms with E-state index in [4.69, 9.17) is 12.2 Å². The van der Waals surface area contributed by atoms with Gasteiger partial charge in [0.25, 0.3) is 5.91 Å². The molecule has 0 unspecified atom stereocenters. The molecule has 2 aromatic heterocycles. The van der Waals surface area contributed by atoms with E-state index < -0.39 is 0 Å². The maximum absolute atomic E-state index is 13.4. The number of fused-ring (bicyclic) bond motifs is 1. The third-order valence-corrected chi connectivity index (χ3v) is 8.82. The molecule has 1 saturated heterocycles. The van der Waals surface area contributed by atoms with Crippen molar-refractivity contribution in [1.82, 2.24) is 14.5 Å². The van der Waals surface area contributed by atoms with Gasteiger partial charge in [0, 0.05) is 23.5 Å². The predicted octanol–water partition coefficient (Wildman–Crippen LogP) is 6.07. The second kappa shape index (κ2) is 11.6. The topological polar surface area (TPSA) is 84.3 Å². The smallest absolute Gasteiger partial charge is 0.266 e. The zero-order chi connectivity index (χ0) is 26.6. The number of hydrogen-bond acceptors (Lipinski definition) is 8. The Kier molecular flexibility index (Phi) is 8.08. The van der Waals surface area contributed by atoms with E-state index in [-0.39, 0.29) is 36.4 Å². The molecule has 2 amide bonds. The zero-order valence-corrected chi connectivity index (χ0v) is 23.5. The number of carbonyl (C=O) groups excluding carboxylic acids is 3. The van der Waals surface area contributed by atoms with Crippen LogP contribution in [0.2, 0.25) is 0 Å². The van der Waals surface area contributed by atoms with Crippen LogP contribution in [-0.4, -0.2) is 48.8 Å². The minimum absolute atomic E-state index is 0.0577. The molecule has 0 radical (unpaired) electrons. The average molecular weight is 579 g/mol. The normalized spacial score (nSPS) is 14.6. The van der Waals surface area contributed by atoms with E-state index in [1.165, 1.54) is 33.0 Å². The van der Waals surface area contributed by atoms with E-state index >= 15 is 0 Å². The lowest BCUT2D eigenvalue weighted by Crippen LogP contribution is -2.31. The molecule has 5 rings (SSSR count). The van der Waals surface area contributed by atoms with Crippen LogP contribution < -0.4 is 5.32 Å². The molecular formula is C27H22N4O3S4. The van der Waals surface area contributed by atoms with E-state index in [1.807, 2.05) is 79.0 Å². The fourth-order valence-corrected chi connectivity index (χ4v) is 6.68. The molecule has 1 aliphatic heterocycles. The monoisotopic (exact) mass is 578 g/mol. The highest BCUT2D eigenvalue weighted by Gasteiger charge is 2.32. The average Bonchev–Trinajstić information content (AvgIpc) is 3.61. The number of thiophene rings is 1. The van der Waals surface area contributed by atoms with Crippen LogP contribution >= 0.6 is 47.1 Å². The number of imidazole rings is 1. The third-order valence-electron chi connectivity index (χ3n) is 5.69. The van der Waals surface area contributed by atoms with Crippen molar-refractivity contribution in [3.8, 4) is 0 Å². The first-order valence-corrected chi connectivity index (χ1v) is 14.8. The van der Waals surface area contributed by atoms with Crippen molar-refractivity contribution < 1.29 is 14.4 Å². The van der Waals surface area contributed by atoms with E-state index in [9.17, 15) is 14.4 Å². The summed E-state index contributed by atoms with van der Waals surface area (Å²) in [6.45, 7) is 2.14. The van der Waals surface area contributed by atoms with Crippen molar-refractivity contribution in [2.24, 2.45) is 0 Å². The number of thioether (sulfide) groups is 2. The summed E-state index contributed by atoms with van der Waals surface area (Å²) < 4.78 is 1.96. The van der Waals surface area contributed by atoms with Gasteiger partial charge in [-0.2, -0.15) is 0 Å². The number of nitrogens with zero attached hydrogens (tertiary/aromatic N) is 3. The highest BCUT2D eigenvalue weighted by Crippen LogP contribution is 2.33. The highest BCUT2D eigenvalue weighted by atomic mass is 32.2. The Bertz CT molecular complexity index is 1560. The van der Waals surface area contributed by atoms with Gasteiger partial charge in [0.05, 0.1) is 21.7 Å². The van der Waals surface area contributed by atoms with Gasteiger partial charge in [-0.1, -0.05) is 71.6 Å². The number of hydrogen-bond donors (Lipinski definition) is 1. The SMILES string of the molecule is Cc1ccc(NC(=O)CSc2nc3ccccc3n2C(=O)CCN2C(=O)/C(=C\c3cccs3)SC2=S)cc1. The molecular weight excluding hydrogens is 557 g/mol. The Morgan fingerprint density at radius 1 is 1.11 bits per heavy atom. The number of amides is 2. The van der Waals surface area contributed by atoms with Crippen LogP contribution in [0.3, 0.4) is 0 Å². The molecule has 0 spiro atoms. The quantitative estimate of drug-likeness (QED) is 0.154. The second-order valence-corrected chi connectivity index (χ2v) is 12.0. The minimum atomic E-state index is -0.226. The summed E-state index contributed by atoms with van der Waals surface area (Å²) in [7, 11) is 0. The summed E-state index contributed by atoms with van der Waals surface area (Å²) in [6.07, 6.45) is 1.88. The lowest BCUT2D eigenvalue weighted by molar-refractivity contribution is -0.122. The van der Waals surface area contributed by atoms with Crippen LogP contribution in [0.15, 0.2) is 76.1 Å². The van der Waals surface area contributed by atoms with E-state index in [1.54, 1.807) is 11.3 Å². The minimum Gasteiger partial charge on any atom is -0.325 e. The van der Waals surface area contributed by atoms with Gasteiger partial charge in [-0.15, -0.1) is 11.3 Å². The summed E-state index contributed by atoms with van der Waals surface area (Å²) >= 11 is 9.41. The number of aryl methyl sites for hydroxylation is 1. The molecule has 4 aromatic rings. The zero-order valence-electron chi connectivity index (χ0n) is 20.2. The molecule has 11 heteroatoms. The van der Waals surface area contributed by atoms with Crippen LogP contribution in [0.5, 0.6) is 0 Å². The standard InChI is InChI=1S/C27H22N4O3S4/c1-17-8-10-18(11-9-17)28-23(32)16-37-26-29-20-6-2-3-7-21(20)31(26)24(33)12-13-30-25(34)22(38-27(30)35)15-19-5-4-14-36-19/h2-11,14-15H,12-13,16H2,1H3,(H,28,32)/b22-15+. The van der Waals surface area contributed by atoms with Crippen molar-refractivity contribution >= 4 is 91.9 Å². The summed E-state index contributed by atoms with van der Waals surface area (Å²) in [6, 6.07) is 18.7. The number of thiocarbonyl (C=S) groups is 1. The maximum atomic E-state index is 13.4. The lowest BCUT2D eigenvalue weighted by atomic mass is 10.2. The Morgan fingerprint density at radius 3 is 2.66 bits per heavy atom. The molecule has 3 heterocycles. The molecule has 1 aliphatic rings. The van der Waals surface area contributed by atoms with Crippen molar-refractivity contribution in [3.05, 3.63) is 81.4 Å². The first-order chi connectivity index (χ1) is 18.4. The van der Waals surface area contributed by atoms with Gasteiger partial charge in [0.1, 0.15) is 4.32 Å². The fourth-order valence-electron chi connectivity index (χ4n) is 3.82. The Morgan fingerprint density at radius 2 is 1.89 bits per heavy atom. The van der Waals surface area contributed by atoms with Crippen LogP contribution in [0.25, 0.3) is 17.1 Å². The van der Waals surface area contributed by atoms with E-state index in [2.05, 4.69) is 10.3 Å². The second-order valence-electron chi connectivity index (χ2n) is 8.41. The molecule has 38 heavy (non-hydrogen) atoms. The van der Waals surface area contributed by atoms with Gasteiger partial charge in [-0.3, -0.25) is 23.9 Å². The molecule has 0 bridgehead atoms. The van der Waals surface area contributed by atoms with Gasteiger partial charge in [-0.25, -0.2) is 4.98 Å². The summed E-state index contributed by atoms with van der Waals surface area (Å²) in [5.41, 5.74) is 3.13. The van der Waals surface area contributed by atoms with Gasteiger partial charge in [0.15, 0.2) is 5.16 Å². The van der Waals surface area contributed by atoms with E-state index in [0.29, 0.717) is 31.1 Å². The number of rotatable bonds is 8. The Hall–Kier alpha value is -3.25. The third kappa shape index (κ3) is 5.91. The Labute approximate surface area is 237 Å². The first-order valence-electron chi connectivity index (χ1n) is 11.7. The van der Waals surface area contributed by atoms with Crippen LogP contribution in [-0.2, 0) is 9.59 Å². The maximum Gasteiger partial charge on any atom is 0.266 e. The van der Waals surface area contributed by atoms with Gasteiger partial charge in [0.2, 0.25) is 11.8 Å². The lowest BCUT2D eigenvalue weighted by Gasteiger charge is -2.14. The molecule has 192 valence electrons. The van der Waals surface area contributed by atoms with Gasteiger partial charge >= 0.3 is 0 Å². The predicted molar refractivity (Wildman–Crippen MR) is 160 cm³/mol.